The average molecular weight is 263 g/mol. The highest BCUT2D eigenvalue weighted by Crippen LogP contribution is 2.15. The molecule has 0 atom stereocenters. The first kappa shape index (κ1) is 13.5. The van der Waals surface area contributed by atoms with Crippen molar-refractivity contribution in [1.29, 1.82) is 0 Å². The lowest BCUT2D eigenvalue weighted by molar-refractivity contribution is 0.219. The number of nitrogens with one attached hydrogen (secondary N) is 2. The number of rotatable bonds is 7. The monoisotopic (exact) mass is 263 g/mol. The molecule has 1 aromatic rings. The van der Waals surface area contributed by atoms with Crippen LogP contribution in [0.15, 0.2) is 24.3 Å². The zero-order chi connectivity index (χ0) is 13.5. The van der Waals surface area contributed by atoms with Gasteiger partial charge in [-0.25, -0.2) is 4.79 Å². The van der Waals surface area contributed by atoms with Crippen molar-refractivity contribution < 1.29 is 9.53 Å². The summed E-state index contributed by atoms with van der Waals surface area (Å²) >= 11 is 0. The summed E-state index contributed by atoms with van der Waals surface area (Å²) in [5, 5.41) is 6.09. The summed E-state index contributed by atoms with van der Waals surface area (Å²) in [6.45, 7) is 5.86. The lowest BCUT2D eigenvalue weighted by Crippen LogP contribution is -2.32. The maximum Gasteiger partial charge on any atom is 0.317 e. The maximum atomic E-state index is 11.3. The largest absolute Gasteiger partial charge is 0.494 e. The predicted molar refractivity (Wildman–Crippen MR) is 75.7 cm³/mol. The molecule has 1 aromatic carbocycles. The topological polar surface area (TPSA) is 53.6 Å². The molecule has 0 spiro atoms. The molecule has 0 aliphatic carbocycles. The van der Waals surface area contributed by atoms with Gasteiger partial charge in [-0.3, -0.25) is 0 Å². The number of amides is 2. The van der Waals surface area contributed by atoms with E-state index >= 15 is 0 Å². The summed E-state index contributed by atoms with van der Waals surface area (Å²) in [6, 6.07) is 7.94. The van der Waals surface area contributed by atoms with Gasteiger partial charge in [-0.1, -0.05) is 6.92 Å². The minimum absolute atomic E-state index is 0.0325. The summed E-state index contributed by atoms with van der Waals surface area (Å²) in [5.74, 6) is 0.895. The van der Waals surface area contributed by atoms with E-state index in [0.29, 0.717) is 0 Å². The molecule has 0 radical (unpaired) electrons. The van der Waals surface area contributed by atoms with Crippen molar-refractivity contribution in [1.82, 2.24) is 10.2 Å². The normalized spacial score (nSPS) is 14.4. The van der Waals surface area contributed by atoms with Crippen LogP contribution in [-0.4, -0.2) is 43.7 Å². The van der Waals surface area contributed by atoms with Crippen LogP contribution in [0.1, 0.15) is 13.3 Å². The molecule has 1 saturated heterocycles. The van der Waals surface area contributed by atoms with Crippen LogP contribution in [0.4, 0.5) is 10.5 Å². The van der Waals surface area contributed by atoms with Crippen molar-refractivity contribution in [3.05, 3.63) is 24.3 Å². The number of carbonyl (C=O) groups is 1. The van der Waals surface area contributed by atoms with Crippen molar-refractivity contribution >= 4 is 11.7 Å². The number of nitrogens with zero attached hydrogens (tertiary/aromatic N) is 1. The Hall–Kier alpha value is -1.91. The van der Waals surface area contributed by atoms with Crippen molar-refractivity contribution in [2.24, 2.45) is 0 Å². The van der Waals surface area contributed by atoms with Gasteiger partial charge < -0.3 is 20.3 Å². The highest BCUT2D eigenvalue weighted by molar-refractivity contribution is 5.76. The summed E-state index contributed by atoms with van der Waals surface area (Å²) in [7, 11) is 0. The summed E-state index contributed by atoms with van der Waals surface area (Å²) in [4.78, 5) is 13.1. The highest BCUT2D eigenvalue weighted by Gasteiger charge is 2.17. The smallest absolute Gasteiger partial charge is 0.317 e. The molecule has 0 saturated carbocycles. The fourth-order valence-electron chi connectivity index (χ4n) is 1.95. The average Bonchev–Trinajstić information content (AvgIpc) is 2.84. The third-order valence-corrected chi connectivity index (χ3v) is 2.98. The molecule has 5 nitrogen and oxygen atoms in total. The number of benzene rings is 1. The van der Waals surface area contributed by atoms with Crippen molar-refractivity contribution in [2.75, 3.05) is 38.1 Å². The second-order valence-electron chi connectivity index (χ2n) is 4.52. The van der Waals surface area contributed by atoms with Crippen molar-refractivity contribution in [2.45, 2.75) is 13.3 Å². The Labute approximate surface area is 113 Å². The zero-order valence-electron chi connectivity index (χ0n) is 11.3. The number of anilines is 1. The minimum atomic E-state index is 0.0325. The lowest BCUT2D eigenvalue weighted by atomic mass is 10.3. The lowest BCUT2D eigenvalue weighted by Gasteiger charge is -2.15. The molecule has 1 heterocycles. The Balaban J connectivity index is 1.72. The number of hydrogen-bond donors (Lipinski definition) is 2. The number of ether oxygens (including phenoxy) is 1. The standard InChI is InChI=1S/C14H21N3O2/c1-2-11-19-13-5-3-12(4-6-13)15-7-9-17-10-8-16-14(17)18/h3-6,15H,2,7-11H2,1H3,(H,16,18). The number of hydrogen-bond acceptors (Lipinski definition) is 3. The van der Waals surface area contributed by atoms with E-state index < -0.39 is 0 Å². The van der Waals surface area contributed by atoms with E-state index in [-0.39, 0.29) is 6.03 Å². The SMILES string of the molecule is CCCOc1ccc(NCCN2CCNC2=O)cc1. The molecule has 2 rings (SSSR count). The Bertz CT molecular complexity index is 406. The van der Waals surface area contributed by atoms with Gasteiger partial charge in [0.15, 0.2) is 0 Å². The molecular formula is C14H21N3O2. The summed E-state index contributed by atoms with van der Waals surface area (Å²) in [5.41, 5.74) is 1.04. The molecule has 5 heteroatoms. The molecule has 0 aromatic heterocycles. The van der Waals surface area contributed by atoms with Gasteiger partial charge in [-0.15, -0.1) is 0 Å². The second kappa shape index (κ2) is 6.87. The van der Waals surface area contributed by atoms with Gasteiger partial charge in [-0.2, -0.15) is 0 Å². The quantitative estimate of drug-likeness (QED) is 0.790. The molecular weight excluding hydrogens is 242 g/mol. The van der Waals surface area contributed by atoms with Gasteiger partial charge in [-0.05, 0) is 30.7 Å². The van der Waals surface area contributed by atoms with Crippen LogP contribution < -0.4 is 15.4 Å². The van der Waals surface area contributed by atoms with E-state index in [2.05, 4.69) is 17.6 Å². The van der Waals surface area contributed by atoms with Crippen molar-refractivity contribution in [3.8, 4) is 5.75 Å². The van der Waals surface area contributed by atoms with Crippen LogP contribution in [0.25, 0.3) is 0 Å². The molecule has 104 valence electrons. The third-order valence-electron chi connectivity index (χ3n) is 2.98. The Morgan fingerprint density at radius 2 is 2.16 bits per heavy atom. The van der Waals surface area contributed by atoms with Gasteiger partial charge in [0.1, 0.15) is 5.75 Å². The number of urea groups is 1. The van der Waals surface area contributed by atoms with Gasteiger partial charge in [0.05, 0.1) is 6.61 Å². The van der Waals surface area contributed by atoms with E-state index in [1.807, 2.05) is 29.2 Å². The third kappa shape index (κ3) is 4.05. The fraction of sp³-hybridized carbons (Fsp3) is 0.500. The van der Waals surface area contributed by atoms with Gasteiger partial charge in [0.25, 0.3) is 0 Å². The molecule has 19 heavy (non-hydrogen) atoms. The van der Waals surface area contributed by atoms with Crippen LogP contribution in [0.3, 0.4) is 0 Å². The number of carbonyl (C=O) groups excluding carboxylic acids is 1. The Kier molecular flexibility index (Phi) is 4.89. The maximum absolute atomic E-state index is 11.3. The Morgan fingerprint density at radius 3 is 2.79 bits per heavy atom. The van der Waals surface area contributed by atoms with E-state index in [9.17, 15) is 4.79 Å². The van der Waals surface area contributed by atoms with Crippen LogP contribution >= 0.6 is 0 Å². The van der Waals surface area contributed by atoms with Crippen LogP contribution in [0, 0.1) is 0 Å². The minimum Gasteiger partial charge on any atom is -0.494 e. The zero-order valence-corrected chi connectivity index (χ0v) is 11.3. The first-order chi connectivity index (χ1) is 9.29. The van der Waals surface area contributed by atoms with E-state index in [0.717, 1.165) is 50.6 Å². The van der Waals surface area contributed by atoms with E-state index in [1.54, 1.807) is 0 Å². The predicted octanol–water partition coefficient (Wildman–Crippen LogP) is 1.91. The van der Waals surface area contributed by atoms with Gasteiger partial charge >= 0.3 is 6.03 Å². The van der Waals surface area contributed by atoms with Gasteiger partial charge in [0, 0.05) is 31.9 Å². The molecule has 0 unspecified atom stereocenters. The second-order valence-corrected chi connectivity index (χ2v) is 4.52. The molecule has 2 N–H and O–H groups in total. The summed E-state index contributed by atoms with van der Waals surface area (Å²) < 4.78 is 5.52. The van der Waals surface area contributed by atoms with Crippen LogP contribution in [0.2, 0.25) is 0 Å². The Morgan fingerprint density at radius 1 is 1.37 bits per heavy atom. The van der Waals surface area contributed by atoms with E-state index in [1.165, 1.54) is 0 Å². The van der Waals surface area contributed by atoms with E-state index in [4.69, 9.17) is 4.74 Å². The molecule has 1 fully saturated rings. The molecule has 1 aliphatic heterocycles. The first-order valence-electron chi connectivity index (χ1n) is 6.79. The first-order valence-corrected chi connectivity index (χ1v) is 6.79. The highest BCUT2D eigenvalue weighted by atomic mass is 16.5. The van der Waals surface area contributed by atoms with Gasteiger partial charge in [0.2, 0.25) is 0 Å². The summed E-state index contributed by atoms with van der Waals surface area (Å²) in [6.07, 6.45) is 1.01. The van der Waals surface area contributed by atoms with Crippen LogP contribution in [-0.2, 0) is 0 Å². The van der Waals surface area contributed by atoms with Crippen molar-refractivity contribution in [3.63, 3.8) is 0 Å². The molecule has 2 amide bonds. The molecule has 0 bridgehead atoms. The van der Waals surface area contributed by atoms with Crippen LogP contribution in [0.5, 0.6) is 5.75 Å². The molecule has 1 aliphatic rings. The fourth-order valence-corrected chi connectivity index (χ4v) is 1.95.